The Labute approximate surface area is 193 Å². The zero-order valence-electron chi connectivity index (χ0n) is 20.0. The van der Waals surface area contributed by atoms with Crippen molar-refractivity contribution in [1.82, 2.24) is 9.78 Å². The fourth-order valence-electron chi connectivity index (χ4n) is 9.67. The molecule has 0 bridgehead atoms. The van der Waals surface area contributed by atoms with Gasteiger partial charge in [-0.1, -0.05) is 6.92 Å². The van der Waals surface area contributed by atoms with Gasteiger partial charge in [-0.3, -0.25) is 4.68 Å². The Morgan fingerprint density at radius 1 is 1.03 bits per heavy atom. The van der Waals surface area contributed by atoms with Gasteiger partial charge in [-0.05, 0) is 130 Å². The third kappa shape index (κ3) is 3.46. The van der Waals surface area contributed by atoms with E-state index in [1.54, 1.807) is 6.20 Å². The van der Waals surface area contributed by atoms with Crippen molar-refractivity contribution < 1.29 is 5.11 Å². The highest BCUT2D eigenvalue weighted by atomic mass is 16.3. The van der Waals surface area contributed by atoms with Crippen molar-refractivity contribution in [2.75, 3.05) is 0 Å². The molecule has 0 spiro atoms. The van der Waals surface area contributed by atoms with Crippen LogP contribution in [0, 0.1) is 64.1 Å². The first-order valence-corrected chi connectivity index (χ1v) is 13.5. The van der Waals surface area contributed by atoms with Crippen LogP contribution in [0.25, 0.3) is 0 Å². The lowest BCUT2D eigenvalue weighted by Crippen LogP contribution is -2.51. The number of aromatic nitrogens is 2. The Morgan fingerprint density at radius 2 is 1.81 bits per heavy atom. The molecular formula is C28H41N3O. The fraction of sp³-hybridized carbons (Fsp3) is 0.857. The summed E-state index contributed by atoms with van der Waals surface area (Å²) in [4.78, 5) is 0. The molecule has 1 aromatic rings. The van der Waals surface area contributed by atoms with Crippen LogP contribution >= 0.6 is 0 Å². The predicted molar refractivity (Wildman–Crippen MR) is 124 cm³/mol. The van der Waals surface area contributed by atoms with E-state index in [1.165, 1.54) is 57.8 Å². The maximum atomic E-state index is 10.7. The molecule has 5 saturated carbocycles. The Hall–Kier alpha value is -1.34. The number of aryl methyl sites for hydroxylation is 1. The minimum absolute atomic E-state index is 0.413. The summed E-state index contributed by atoms with van der Waals surface area (Å²) in [6.45, 7) is 5.71. The summed E-state index contributed by atoms with van der Waals surface area (Å²) >= 11 is 0. The Balaban J connectivity index is 1.22. The molecule has 4 heteroatoms. The van der Waals surface area contributed by atoms with E-state index < -0.39 is 5.60 Å². The van der Waals surface area contributed by atoms with Gasteiger partial charge in [0.2, 0.25) is 0 Å². The maximum absolute atomic E-state index is 10.7. The van der Waals surface area contributed by atoms with Gasteiger partial charge in [0, 0.05) is 12.7 Å². The van der Waals surface area contributed by atoms with Crippen LogP contribution in [0.4, 0.5) is 0 Å². The Kier molecular flexibility index (Phi) is 5.03. The molecule has 32 heavy (non-hydrogen) atoms. The average molecular weight is 436 g/mol. The first-order chi connectivity index (χ1) is 15.4. The molecule has 0 saturated heterocycles. The summed E-state index contributed by atoms with van der Waals surface area (Å²) in [6.07, 6.45) is 18.2. The minimum atomic E-state index is -0.413. The van der Waals surface area contributed by atoms with Crippen LogP contribution in [0.3, 0.4) is 0 Å². The minimum Gasteiger partial charge on any atom is -0.390 e. The average Bonchev–Trinajstić information content (AvgIpc) is 3.42. The summed E-state index contributed by atoms with van der Waals surface area (Å²) in [6, 6.07) is 2.22. The molecule has 1 aromatic heterocycles. The van der Waals surface area contributed by atoms with Gasteiger partial charge in [0.15, 0.2) is 0 Å². The molecule has 0 aromatic carbocycles. The monoisotopic (exact) mass is 435 g/mol. The van der Waals surface area contributed by atoms with E-state index in [1.807, 2.05) is 10.9 Å². The summed E-state index contributed by atoms with van der Waals surface area (Å²) in [7, 11) is 0. The lowest BCUT2D eigenvalue weighted by molar-refractivity contribution is -0.108. The largest absolute Gasteiger partial charge is 0.390 e. The Bertz CT molecular complexity index is 895. The number of nitriles is 1. The van der Waals surface area contributed by atoms with E-state index in [0.717, 1.165) is 66.7 Å². The van der Waals surface area contributed by atoms with E-state index in [-0.39, 0.29) is 0 Å². The van der Waals surface area contributed by atoms with Crippen LogP contribution in [0.2, 0.25) is 0 Å². The van der Waals surface area contributed by atoms with E-state index in [0.29, 0.717) is 11.0 Å². The summed E-state index contributed by atoms with van der Waals surface area (Å²) in [5.74, 6) is 7.20. The second kappa shape index (κ2) is 7.59. The summed E-state index contributed by atoms with van der Waals surface area (Å²) in [5, 5.41) is 24.3. The molecule has 1 N–H and O–H groups in total. The summed E-state index contributed by atoms with van der Waals surface area (Å²) < 4.78 is 2.01. The van der Waals surface area contributed by atoms with Crippen molar-refractivity contribution in [3.8, 4) is 6.07 Å². The zero-order valence-corrected chi connectivity index (χ0v) is 20.0. The SMILES string of the molecule is C[C@@]1(O)CC[C@H]2[C@H](CC[C@@H]3[C@@H]2CC[C@]2(C)[C@@H](CCn4cc(C#N)cn4)CC(C4CC4)[C@@H]32)C1. The van der Waals surface area contributed by atoms with Gasteiger partial charge in [0.1, 0.15) is 6.07 Å². The van der Waals surface area contributed by atoms with Crippen molar-refractivity contribution in [2.24, 2.45) is 52.8 Å². The number of aliphatic hydroxyl groups is 1. The molecule has 174 valence electrons. The molecule has 6 rings (SSSR count). The van der Waals surface area contributed by atoms with Gasteiger partial charge < -0.3 is 5.11 Å². The smallest absolute Gasteiger partial charge is 0.102 e. The van der Waals surface area contributed by atoms with Crippen LogP contribution in [-0.2, 0) is 6.54 Å². The highest BCUT2D eigenvalue weighted by Crippen LogP contribution is 2.69. The van der Waals surface area contributed by atoms with Crippen molar-refractivity contribution in [3.63, 3.8) is 0 Å². The van der Waals surface area contributed by atoms with Gasteiger partial charge in [-0.2, -0.15) is 10.4 Å². The lowest BCUT2D eigenvalue weighted by atomic mass is 9.48. The van der Waals surface area contributed by atoms with Crippen molar-refractivity contribution in [3.05, 3.63) is 18.0 Å². The molecule has 4 nitrogen and oxygen atoms in total. The molecule has 5 aliphatic rings. The molecule has 0 amide bonds. The van der Waals surface area contributed by atoms with Gasteiger partial charge in [0.25, 0.3) is 0 Å². The van der Waals surface area contributed by atoms with Crippen LogP contribution < -0.4 is 0 Å². The maximum Gasteiger partial charge on any atom is 0.102 e. The fourth-order valence-corrected chi connectivity index (χ4v) is 9.67. The number of rotatable bonds is 4. The molecule has 5 aliphatic carbocycles. The lowest BCUT2D eigenvalue weighted by Gasteiger charge is -2.58. The van der Waals surface area contributed by atoms with Crippen LogP contribution in [0.15, 0.2) is 12.4 Å². The molecule has 9 atom stereocenters. The predicted octanol–water partition coefficient (Wildman–Crippen LogP) is 5.80. The number of fused-ring (bicyclic) bond motifs is 5. The van der Waals surface area contributed by atoms with Gasteiger partial charge in [-0.25, -0.2) is 0 Å². The topological polar surface area (TPSA) is 61.8 Å². The van der Waals surface area contributed by atoms with E-state index in [9.17, 15) is 5.11 Å². The number of nitrogens with zero attached hydrogens (tertiary/aromatic N) is 3. The first kappa shape index (κ1) is 21.2. The molecule has 0 aliphatic heterocycles. The van der Waals surface area contributed by atoms with Crippen molar-refractivity contribution in [2.45, 2.75) is 96.6 Å². The summed E-state index contributed by atoms with van der Waals surface area (Å²) in [5.41, 5.74) is 0.761. The molecule has 1 heterocycles. The van der Waals surface area contributed by atoms with E-state index in [4.69, 9.17) is 5.26 Å². The van der Waals surface area contributed by atoms with E-state index >= 15 is 0 Å². The van der Waals surface area contributed by atoms with Gasteiger partial charge >= 0.3 is 0 Å². The quantitative estimate of drug-likeness (QED) is 0.650. The van der Waals surface area contributed by atoms with Crippen LogP contribution in [0.1, 0.15) is 90.0 Å². The molecule has 1 unspecified atom stereocenters. The van der Waals surface area contributed by atoms with Crippen LogP contribution in [0.5, 0.6) is 0 Å². The third-order valence-electron chi connectivity index (χ3n) is 11.2. The second-order valence-corrected chi connectivity index (χ2v) is 13.0. The molecular weight excluding hydrogens is 394 g/mol. The van der Waals surface area contributed by atoms with Crippen molar-refractivity contribution >= 4 is 0 Å². The standard InChI is InChI=1S/C28H41N3O/c1-27(32)10-7-22-20(14-27)5-6-24-23(22)8-11-28(2)21(13-25(26(24)28)19-3-4-19)9-12-31-17-18(15-29)16-30-31/h16-17,19-26,32H,3-14H2,1-2H3/t20-,21+,22+,23-,24-,25?,26-,27-,28-/m1/s1. The van der Waals surface area contributed by atoms with Crippen molar-refractivity contribution in [1.29, 1.82) is 5.26 Å². The number of hydrogen-bond donors (Lipinski definition) is 1. The Morgan fingerprint density at radius 3 is 2.56 bits per heavy atom. The molecule has 5 fully saturated rings. The first-order valence-electron chi connectivity index (χ1n) is 13.5. The highest BCUT2D eigenvalue weighted by molar-refractivity contribution is 5.21. The van der Waals surface area contributed by atoms with Gasteiger partial charge in [-0.15, -0.1) is 0 Å². The zero-order chi connectivity index (χ0) is 22.1. The normalized spacial score (nSPS) is 47.9. The van der Waals surface area contributed by atoms with Gasteiger partial charge in [0.05, 0.1) is 17.4 Å². The third-order valence-corrected chi connectivity index (χ3v) is 11.2. The molecule has 0 radical (unpaired) electrons. The second-order valence-electron chi connectivity index (χ2n) is 13.0. The van der Waals surface area contributed by atoms with Crippen LogP contribution in [-0.4, -0.2) is 20.5 Å². The highest BCUT2D eigenvalue weighted by Gasteiger charge is 2.62. The van der Waals surface area contributed by atoms with E-state index in [2.05, 4.69) is 25.0 Å². The number of hydrogen-bond acceptors (Lipinski definition) is 3.